The van der Waals surface area contributed by atoms with E-state index < -0.39 is 9.85 Å². The summed E-state index contributed by atoms with van der Waals surface area (Å²) >= 11 is 0. The molecule has 38 heavy (non-hydrogen) atoms. The van der Waals surface area contributed by atoms with E-state index in [0.717, 1.165) is 32.3 Å². The van der Waals surface area contributed by atoms with Crippen molar-refractivity contribution in [2.75, 3.05) is 0 Å². The van der Waals surface area contributed by atoms with Crippen LogP contribution in [-0.2, 0) is 0 Å². The first-order valence-electron chi connectivity index (χ1n) is 12.1. The molecule has 0 unspecified atom stereocenters. The van der Waals surface area contributed by atoms with Gasteiger partial charge in [0.15, 0.2) is 5.43 Å². The number of benzene rings is 6. The van der Waals surface area contributed by atoms with Crippen LogP contribution in [0.4, 0.5) is 11.4 Å². The van der Waals surface area contributed by atoms with Crippen LogP contribution in [0.25, 0.3) is 86.9 Å². The second-order valence-corrected chi connectivity index (χ2v) is 10.0. The van der Waals surface area contributed by atoms with Gasteiger partial charge in [-0.05, 0) is 43.1 Å². The molecule has 0 aromatic heterocycles. The number of non-ortho nitro benzene ring substituents is 2. The molecule has 176 valence electrons. The molecule has 0 aliphatic heterocycles. The van der Waals surface area contributed by atoms with Crippen LogP contribution >= 0.6 is 0 Å². The minimum Gasteiger partial charge on any atom is -0.289 e. The van der Waals surface area contributed by atoms with Crippen LogP contribution in [0.5, 0.6) is 0 Å². The number of fused-ring (bicyclic) bond motifs is 7. The van der Waals surface area contributed by atoms with Gasteiger partial charge in [-0.1, -0.05) is 60.7 Å². The quantitative estimate of drug-likeness (QED) is 0.181. The lowest BCUT2D eigenvalue weighted by Gasteiger charge is -2.08. The third-order valence-corrected chi connectivity index (χ3v) is 8.39. The Morgan fingerprint density at radius 3 is 1.32 bits per heavy atom. The van der Waals surface area contributed by atoms with Gasteiger partial charge < -0.3 is 0 Å². The Hall–Kier alpha value is -5.43. The molecular formula is C31H12N2O5. The number of hydrogen-bond acceptors (Lipinski definition) is 5. The summed E-state index contributed by atoms with van der Waals surface area (Å²) in [6.45, 7) is 0. The molecule has 0 N–H and O–H groups in total. The van der Waals surface area contributed by atoms with Crippen molar-refractivity contribution in [3.05, 3.63) is 103 Å². The summed E-state index contributed by atoms with van der Waals surface area (Å²) < 4.78 is 0. The molecule has 7 nitrogen and oxygen atoms in total. The van der Waals surface area contributed by atoms with Crippen molar-refractivity contribution in [2.45, 2.75) is 0 Å². The lowest BCUT2D eigenvalue weighted by molar-refractivity contribution is -0.383. The first-order valence-corrected chi connectivity index (χ1v) is 12.1. The lowest BCUT2D eigenvalue weighted by atomic mass is 9.95. The highest BCUT2D eigenvalue weighted by Crippen LogP contribution is 2.58. The largest absolute Gasteiger partial charge is 0.289 e. The number of nitro groups is 2. The van der Waals surface area contributed by atoms with E-state index in [-0.39, 0.29) is 16.8 Å². The molecule has 0 heterocycles. The van der Waals surface area contributed by atoms with Gasteiger partial charge in [0.1, 0.15) is 0 Å². The zero-order chi connectivity index (χ0) is 25.6. The smallest absolute Gasteiger partial charge is 0.278 e. The van der Waals surface area contributed by atoms with Gasteiger partial charge in [0, 0.05) is 45.2 Å². The van der Waals surface area contributed by atoms with Gasteiger partial charge >= 0.3 is 0 Å². The molecule has 0 atom stereocenters. The first kappa shape index (κ1) is 19.7. The van der Waals surface area contributed by atoms with Gasteiger partial charge in [0.2, 0.25) is 0 Å². The second kappa shape index (κ2) is 6.10. The maximum absolute atomic E-state index is 14.3. The van der Waals surface area contributed by atoms with Gasteiger partial charge in [-0.25, -0.2) is 0 Å². The molecule has 0 spiro atoms. The van der Waals surface area contributed by atoms with Crippen LogP contribution in [-0.4, -0.2) is 9.85 Å². The molecule has 6 aromatic carbocycles. The van der Waals surface area contributed by atoms with Crippen molar-refractivity contribution in [3.63, 3.8) is 0 Å². The summed E-state index contributed by atoms with van der Waals surface area (Å²) in [6, 6.07) is 21.9. The predicted octanol–water partition coefficient (Wildman–Crippen LogP) is 7.74. The van der Waals surface area contributed by atoms with Crippen molar-refractivity contribution in [1.29, 1.82) is 0 Å². The Morgan fingerprint density at radius 2 is 0.895 bits per heavy atom. The Bertz CT molecular complexity index is 2310. The highest BCUT2D eigenvalue weighted by atomic mass is 16.6. The van der Waals surface area contributed by atoms with E-state index in [2.05, 4.69) is 0 Å². The fourth-order valence-electron chi connectivity index (χ4n) is 7.10. The summed E-state index contributed by atoms with van der Waals surface area (Å²) in [4.78, 5) is 38.3. The molecule has 0 bridgehead atoms. The lowest BCUT2D eigenvalue weighted by Crippen LogP contribution is -1.97. The van der Waals surface area contributed by atoms with E-state index in [1.165, 1.54) is 0 Å². The molecule has 7 heteroatoms. The monoisotopic (exact) mass is 492 g/mol. The Kier molecular flexibility index (Phi) is 3.16. The van der Waals surface area contributed by atoms with E-state index in [9.17, 15) is 25.0 Å². The number of nitro benzene ring substituents is 2. The number of hydrogen-bond donors (Lipinski definition) is 0. The Morgan fingerprint density at radius 1 is 0.474 bits per heavy atom. The third kappa shape index (κ3) is 1.97. The molecule has 0 saturated heterocycles. The van der Waals surface area contributed by atoms with Crippen molar-refractivity contribution >= 4 is 76.0 Å². The summed E-state index contributed by atoms with van der Waals surface area (Å²) in [5, 5.41) is 33.2. The van der Waals surface area contributed by atoms with Crippen molar-refractivity contribution in [2.24, 2.45) is 0 Å². The van der Waals surface area contributed by atoms with Gasteiger partial charge in [0.05, 0.1) is 20.6 Å². The topological polar surface area (TPSA) is 103 Å². The van der Waals surface area contributed by atoms with Crippen molar-refractivity contribution in [1.82, 2.24) is 0 Å². The van der Waals surface area contributed by atoms with E-state index in [1.807, 2.05) is 60.7 Å². The highest BCUT2D eigenvalue weighted by molar-refractivity contribution is 6.41. The van der Waals surface area contributed by atoms with Crippen molar-refractivity contribution in [3.8, 4) is 22.3 Å². The molecule has 0 saturated carbocycles. The molecule has 3 aliphatic rings. The number of rotatable bonds is 2. The first-order chi connectivity index (χ1) is 18.5. The van der Waals surface area contributed by atoms with Crippen LogP contribution in [0.2, 0.25) is 0 Å². The molecule has 0 radical (unpaired) electrons. The zero-order valence-electron chi connectivity index (χ0n) is 19.4. The summed E-state index contributed by atoms with van der Waals surface area (Å²) in [7, 11) is 0. The number of nitrogens with zero attached hydrogens (tertiary/aromatic N) is 2. The molecule has 0 amide bonds. The van der Waals surface area contributed by atoms with Gasteiger partial charge in [-0.3, -0.25) is 25.0 Å². The fraction of sp³-hybridized carbons (Fsp3) is 0. The molecule has 3 aliphatic carbocycles. The van der Waals surface area contributed by atoms with Crippen LogP contribution in [0.1, 0.15) is 0 Å². The van der Waals surface area contributed by atoms with Crippen LogP contribution < -0.4 is 5.43 Å². The van der Waals surface area contributed by atoms with Gasteiger partial charge in [0.25, 0.3) is 11.4 Å². The van der Waals surface area contributed by atoms with Crippen molar-refractivity contribution < 1.29 is 9.85 Å². The Labute approximate surface area is 211 Å². The Balaban J connectivity index is 1.69. The molecule has 9 rings (SSSR count). The summed E-state index contributed by atoms with van der Waals surface area (Å²) in [6.07, 6.45) is 0. The van der Waals surface area contributed by atoms with E-state index >= 15 is 0 Å². The van der Waals surface area contributed by atoms with Gasteiger partial charge in [-0.2, -0.15) is 0 Å². The fourth-order valence-corrected chi connectivity index (χ4v) is 7.10. The highest BCUT2D eigenvalue weighted by Gasteiger charge is 2.39. The molecule has 0 fully saturated rings. The maximum atomic E-state index is 14.3. The summed E-state index contributed by atoms with van der Waals surface area (Å²) in [5.41, 5.74) is 1.22. The maximum Gasteiger partial charge on any atom is 0.278 e. The second-order valence-electron chi connectivity index (χ2n) is 10.0. The summed E-state index contributed by atoms with van der Waals surface area (Å²) in [5.74, 6) is 0. The van der Waals surface area contributed by atoms with E-state index in [1.54, 1.807) is 12.1 Å². The zero-order valence-corrected chi connectivity index (χ0v) is 19.4. The minimum absolute atomic E-state index is 0.103. The third-order valence-electron chi connectivity index (χ3n) is 8.39. The van der Waals surface area contributed by atoms with Crippen LogP contribution in [0.15, 0.2) is 77.6 Å². The van der Waals surface area contributed by atoms with Crippen LogP contribution in [0.3, 0.4) is 0 Å². The standard InChI is InChI=1S/C31H12N2O5/c34-31-25-17-9-7-13-3-1-5-15-11-19(32(35)36)27(23(17)21(13)15)29(25)30-26(31)18-10-8-14-4-2-6-16-12-20(33(37)38)28(30)24(18)22(14)16/h1-12H. The molecule has 6 aromatic rings. The van der Waals surface area contributed by atoms with E-state index in [0.29, 0.717) is 54.6 Å². The van der Waals surface area contributed by atoms with Crippen LogP contribution in [0, 0.1) is 20.2 Å². The molecular weight excluding hydrogens is 480 g/mol. The average molecular weight is 492 g/mol. The minimum atomic E-state index is -0.418. The average Bonchev–Trinajstić information content (AvgIpc) is 3.53. The predicted molar refractivity (Wildman–Crippen MR) is 149 cm³/mol. The normalized spacial score (nSPS) is 12.7. The van der Waals surface area contributed by atoms with Gasteiger partial charge in [-0.15, -0.1) is 0 Å². The van der Waals surface area contributed by atoms with E-state index in [4.69, 9.17) is 0 Å². The SMILES string of the molecule is O=c1c2c3ccc4cccc5cc([N+](=O)[O-])c(c-2c2c6c([N+](=O)[O-])cc7cccc8ccc(c1-2)c6c87)c3c45.